The molecule has 0 aliphatic carbocycles. The van der Waals surface area contributed by atoms with Crippen molar-refractivity contribution < 1.29 is 14.6 Å². The molecule has 0 aromatic heterocycles. The Morgan fingerprint density at radius 2 is 1.65 bits per heavy atom. The second-order valence-electron chi connectivity index (χ2n) is 7.33. The predicted molar refractivity (Wildman–Crippen MR) is 108 cm³/mol. The van der Waals surface area contributed by atoms with Crippen LogP contribution in [0.5, 0.6) is 0 Å². The van der Waals surface area contributed by atoms with E-state index in [1.54, 1.807) is 0 Å². The molecule has 0 aromatic carbocycles. The molecule has 1 heterocycles. The zero-order chi connectivity index (χ0) is 18.9. The first-order valence-electron chi connectivity index (χ1n) is 10.8. The first kappa shape index (κ1) is 22.9. The van der Waals surface area contributed by atoms with Gasteiger partial charge < -0.3 is 14.7 Å². The van der Waals surface area contributed by atoms with Crippen LogP contribution in [0.25, 0.3) is 0 Å². The lowest BCUT2D eigenvalue weighted by Gasteiger charge is -2.20. The molecule has 0 radical (unpaired) electrons. The lowest BCUT2D eigenvalue weighted by atomic mass is 10.1. The van der Waals surface area contributed by atoms with Gasteiger partial charge >= 0.3 is 5.97 Å². The van der Waals surface area contributed by atoms with Gasteiger partial charge in [0, 0.05) is 32.5 Å². The van der Waals surface area contributed by atoms with Gasteiger partial charge in [0.2, 0.25) is 0 Å². The molecule has 0 fully saturated rings. The van der Waals surface area contributed by atoms with E-state index in [4.69, 9.17) is 9.84 Å². The van der Waals surface area contributed by atoms with E-state index in [0.29, 0.717) is 19.6 Å². The van der Waals surface area contributed by atoms with Crippen LogP contribution in [0.3, 0.4) is 0 Å². The fraction of sp³-hybridized carbons (Fsp3) is 0.905. The normalized spacial score (nSPS) is 14.0. The molecule has 1 aliphatic heterocycles. The molecule has 0 saturated carbocycles. The number of aliphatic imine (C=N–C) groups is 1. The number of carboxylic acid groups (broad SMARTS) is 1. The largest absolute Gasteiger partial charge is 0.481 e. The van der Waals surface area contributed by atoms with Gasteiger partial charge in [-0.25, -0.2) is 0 Å². The lowest BCUT2D eigenvalue weighted by molar-refractivity contribution is -0.137. The van der Waals surface area contributed by atoms with Crippen LogP contribution >= 0.6 is 0 Å². The van der Waals surface area contributed by atoms with Crippen LogP contribution in [-0.4, -0.2) is 54.7 Å². The van der Waals surface area contributed by atoms with E-state index in [-0.39, 0.29) is 6.42 Å². The van der Waals surface area contributed by atoms with Crippen molar-refractivity contribution in [2.75, 3.05) is 32.8 Å². The zero-order valence-electron chi connectivity index (χ0n) is 16.9. The molecule has 0 atom stereocenters. The van der Waals surface area contributed by atoms with Gasteiger partial charge in [-0.05, 0) is 12.8 Å². The minimum Gasteiger partial charge on any atom is -0.481 e. The number of carbonyl (C=O) groups is 1. The number of nitrogens with zero attached hydrogens (tertiary/aromatic N) is 2. The molecular formula is C21H40N2O3. The van der Waals surface area contributed by atoms with E-state index in [1.807, 2.05) is 0 Å². The molecule has 1 rings (SSSR count). The minimum atomic E-state index is -0.751. The number of hydrogen-bond donors (Lipinski definition) is 1. The van der Waals surface area contributed by atoms with Crippen LogP contribution in [0.15, 0.2) is 4.99 Å². The topological polar surface area (TPSA) is 62.1 Å². The Bertz CT molecular complexity index is 385. The first-order valence-corrected chi connectivity index (χ1v) is 10.8. The van der Waals surface area contributed by atoms with Gasteiger partial charge in [-0.2, -0.15) is 0 Å². The summed E-state index contributed by atoms with van der Waals surface area (Å²) in [5.74, 6) is 0.498. The number of ether oxygens (including phenoxy) is 1. The standard InChI is InChI=1S/C21H40N2O3/c1-2-3-4-5-6-7-8-9-10-11-13-20-22-15-16-23(20)17-19-26-18-12-14-21(24)25/h2-19H2,1H3,(H,24,25). The summed E-state index contributed by atoms with van der Waals surface area (Å²) in [6, 6.07) is 0. The van der Waals surface area contributed by atoms with Gasteiger partial charge in [0.1, 0.15) is 0 Å². The molecule has 0 bridgehead atoms. The van der Waals surface area contributed by atoms with E-state index in [0.717, 1.165) is 26.1 Å². The first-order chi connectivity index (χ1) is 12.7. The molecule has 5 nitrogen and oxygen atoms in total. The van der Waals surface area contributed by atoms with Gasteiger partial charge in [0.15, 0.2) is 0 Å². The second-order valence-corrected chi connectivity index (χ2v) is 7.33. The molecule has 0 unspecified atom stereocenters. The van der Waals surface area contributed by atoms with Gasteiger partial charge in [0.05, 0.1) is 19.0 Å². The Hall–Kier alpha value is -1.10. The molecule has 5 heteroatoms. The molecule has 0 spiro atoms. The van der Waals surface area contributed by atoms with Crippen molar-refractivity contribution in [1.82, 2.24) is 4.90 Å². The van der Waals surface area contributed by atoms with Crippen molar-refractivity contribution in [1.29, 1.82) is 0 Å². The highest BCUT2D eigenvalue weighted by atomic mass is 16.5. The van der Waals surface area contributed by atoms with Crippen molar-refractivity contribution in [3.05, 3.63) is 0 Å². The van der Waals surface area contributed by atoms with E-state index in [1.165, 1.54) is 70.0 Å². The summed E-state index contributed by atoms with van der Waals surface area (Å²) in [5, 5.41) is 8.59. The van der Waals surface area contributed by atoms with Crippen molar-refractivity contribution in [2.24, 2.45) is 4.99 Å². The fourth-order valence-corrected chi connectivity index (χ4v) is 3.38. The summed E-state index contributed by atoms with van der Waals surface area (Å²) in [6.45, 7) is 6.26. The monoisotopic (exact) mass is 368 g/mol. The quantitative estimate of drug-likeness (QED) is 0.350. The summed E-state index contributed by atoms with van der Waals surface area (Å²) >= 11 is 0. The molecule has 1 aliphatic rings. The van der Waals surface area contributed by atoms with E-state index in [2.05, 4.69) is 16.8 Å². The van der Waals surface area contributed by atoms with Crippen LogP contribution < -0.4 is 0 Å². The smallest absolute Gasteiger partial charge is 0.303 e. The summed E-state index contributed by atoms with van der Waals surface area (Å²) in [4.78, 5) is 17.4. The fourth-order valence-electron chi connectivity index (χ4n) is 3.38. The number of carboxylic acids is 1. The molecule has 152 valence electrons. The maximum Gasteiger partial charge on any atom is 0.303 e. The summed E-state index contributed by atoms with van der Waals surface area (Å²) in [7, 11) is 0. The SMILES string of the molecule is CCCCCCCCCCCCC1=NCCN1CCOCCCC(=O)O. The van der Waals surface area contributed by atoms with Crippen LogP contribution in [0.2, 0.25) is 0 Å². The summed E-state index contributed by atoms with van der Waals surface area (Å²) in [5.41, 5.74) is 0. The Labute approximate surface area is 160 Å². The van der Waals surface area contributed by atoms with E-state index < -0.39 is 5.97 Å². The molecule has 0 aromatic rings. The Kier molecular flexibility index (Phi) is 14.2. The molecule has 0 amide bonds. The number of rotatable bonds is 18. The molecule has 0 saturated heterocycles. The van der Waals surface area contributed by atoms with Crippen molar-refractivity contribution >= 4 is 11.8 Å². The highest BCUT2D eigenvalue weighted by Crippen LogP contribution is 2.13. The lowest BCUT2D eigenvalue weighted by Crippen LogP contribution is -2.31. The average molecular weight is 369 g/mol. The molecule has 1 N–H and O–H groups in total. The Morgan fingerprint density at radius 1 is 1.00 bits per heavy atom. The van der Waals surface area contributed by atoms with Crippen LogP contribution in [0.1, 0.15) is 90.4 Å². The Morgan fingerprint density at radius 3 is 2.31 bits per heavy atom. The Balaban J connectivity index is 1.93. The number of aliphatic carboxylic acids is 1. The maximum atomic E-state index is 10.4. The zero-order valence-corrected chi connectivity index (χ0v) is 16.9. The third-order valence-electron chi connectivity index (χ3n) is 4.97. The summed E-state index contributed by atoms with van der Waals surface area (Å²) < 4.78 is 5.54. The van der Waals surface area contributed by atoms with Gasteiger partial charge in [-0.15, -0.1) is 0 Å². The number of unbranched alkanes of at least 4 members (excludes halogenated alkanes) is 9. The van der Waals surface area contributed by atoms with Crippen LogP contribution in [-0.2, 0) is 9.53 Å². The maximum absolute atomic E-state index is 10.4. The van der Waals surface area contributed by atoms with Crippen LogP contribution in [0.4, 0.5) is 0 Å². The van der Waals surface area contributed by atoms with E-state index in [9.17, 15) is 4.79 Å². The van der Waals surface area contributed by atoms with Gasteiger partial charge in [-0.3, -0.25) is 9.79 Å². The van der Waals surface area contributed by atoms with Crippen molar-refractivity contribution in [3.63, 3.8) is 0 Å². The predicted octanol–water partition coefficient (Wildman–Crippen LogP) is 4.89. The second kappa shape index (κ2) is 16.1. The van der Waals surface area contributed by atoms with Crippen molar-refractivity contribution in [3.8, 4) is 0 Å². The van der Waals surface area contributed by atoms with Crippen LogP contribution in [0, 0.1) is 0 Å². The molecular weight excluding hydrogens is 328 g/mol. The van der Waals surface area contributed by atoms with E-state index >= 15 is 0 Å². The number of amidine groups is 1. The summed E-state index contributed by atoms with van der Waals surface area (Å²) in [6.07, 6.45) is 15.5. The number of hydrogen-bond acceptors (Lipinski definition) is 4. The molecule has 26 heavy (non-hydrogen) atoms. The highest BCUT2D eigenvalue weighted by molar-refractivity contribution is 5.83. The average Bonchev–Trinajstić information content (AvgIpc) is 3.06. The van der Waals surface area contributed by atoms with Gasteiger partial charge in [-0.1, -0.05) is 64.7 Å². The highest BCUT2D eigenvalue weighted by Gasteiger charge is 2.15. The third-order valence-corrected chi connectivity index (χ3v) is 4.97. The third kappa shape index (κ3) is 12.3. The van der Waals surface area contributed by atoms with Crippen molar-refractivity contribution in [2.45, 2.75) is 90.4 Å². The minimum absolute atomic E-state index is 0.190. The van der Waals surface area contributed by atoms with Gasteiger partial charge in [0.25, 0.3) is 0 Å².